The Hall–Kier alpha value is -2.59. The maximum absolute atomic E-state index is 12.4. The summed E-state index contributed by atoms with van der Waals surface area (Å²) in [6.07, 6.45) is 1.40. The molecule has 11 heteroatoms. The molecule has 138 valence electrons. The number of benzene rings is 1. The van der Waals surface area contributed by atoms with Crippen molar-refractivity contribution in [2.75, 3.05) is 11.1 Å². The molecule has 0 aliphatic heterocycles. The lowest BCUT2D eigenvalue weighted by atomic mass is 10.2. The van der Waals surface area contributed by atoms with Crippen molar-refractivity contribution in [1.29, 1.82) is 0 Å². The number of carbonyl (C=O) groups is 1. The van der Waals surface area contributed by atoms with Crippen molar-refractivity contribution in [1.82, 2.24) is 9.97 Å². The van der Waals surface area contributed by atoms with Gasteiger partial charge in [-0.15, -0.1) is 0 Å². The van der Waals surface area contributed by atoms with Gasteiger partial charge in [-0.25, -0.2) is 18.4 Å². The van der Waals surface area contributed by atoms with Crippen molar-refractivity contribution in [3.05, 3.63) is 50.8 Å². The first-order valence-electron chi connectivity index (χ1n) is 7.47. The van der Waals surface area contributed by atoms with E-state index in [0.717, 1.165) is 6.20 Å². The molecule has 2 rings (SSSR count). The molecule has 0 aliphatic carbocycles. The van der Waals surface area contributed by atoms with Crippen LogP contribution in [0.25, 0.3) is 0 Å². The largest absolute Gasteiger partial charge is 0.320 e. The highest BCUT2D eigenvalue weighted by atomic mass is 35.5. The number of nitrogens with zero attached hydrogens (tertiary/aromatic N) is 3. The van der Waals surface area contributed by atoms with E-state index in [0.29, 0.717) is 12.0 Å². The molecule has 1 amide bonds. The number of aromatic nitrogens is 2. The van der Waals surface area contributed by atoms with E-state index in [1.54, 1.807) is 13.8 Å². The Morgan fingerprint density at radius 3 is 2.69 bits per heavy atom. The van der Waals surface area contributed by atoms with E-state index in [1.807, 2.05) is 0 Å². The lowest BCUT2D eigenvalue weighted by Crippen LogP contribution is -2.18. The topological polar surface area (TPSA) is 132 Å². The smallest absolute Gasteiger partial charge is 0.275 e. The van der Waals surface area contributed by atoms with Gasteiger partial charge in [0, 0.05) is 17.3 Å². The predicted octanol–water partition coefficient (Wildman–Crippen LogP) is 2.78. The normalized spacial score (nSPS) is 11.2. The summed E-state index contributed by atoms with van der Waals surface area (Å²) >= 11 is 5.90. The fraction of sp³-hybridized carbons (Fsp3) is 0.267. The van der Waals surface area contributed by atoms with Crippen LogP contribution in [0, 0.1) is 17.0 Å². The van der Waals surface area contributed by atoms with Gasteiger partial charge in [0.2, 0.25) is 15.0 Å². The number of carbonyl (C=O) groups excluding carboxylic acids is 1. The Kier molecular flexibility index (Phi) is 5.88. The first-order valence-corrected chi connectivity index (χ1v) is 9.50. The fourth-order valence-electron chi connectivity index (χ4n) is 2.09. The quantitative estimate of drug-likeness (QED) is 0.449. The molecule has 1 aromatic carbocycles. The van der Waals surface area contributed by atoms with Gasteiger partial charge in [-0.05, 0) is 19.4 Å². The van der Waals surface area contributed by atoms with E-state index in [4.69, 9.17) is 11.6 Å². The molecule has 0 fully saturated rings. The number of anilines is 1. The van der Waals surface area contributed by atoms with Crippen LogP contribution in [-0.4, -0.2) is 35.0 Å². The molecule has 0 saturated heterocycles. The van der Waals surface area contributed by atoms with Gasteiger partial charge in [0.25, 0.3) is 11.6 Å². The van der Waals surface area contributed by atoms with Crippen LogP contribution in [-0.2, 0) is 9.84 Å². The lowest BCUT2D eigenvalue weighted by Gasteiger charge is -2.08. The standard InChI is InChI=1S/C15H15ClN4O5S/c1-3-6-26(24,25)15-17-8-11(16)13(19-15)14(21)18-10-5-4-9(2)12(7-10)20(22)23/h4-5,7-8H,3,6H2,1-2H3,(H,18,21). The first-order chi connectivity index (χ1) is 12.2. The molecule has 0 aliphatic rings. The van der Waals surface area contributed by atoms with Gasteiger partial charge in [0.1, 0.15) is 0 Å². The summed E-state index contributed by atoms with van der Waals surface area (Å²) in [7, 11) is -3.73. The number of nitrogens with one attached hydrogen (secondary N) is 1. The minimum Gasteiger partial charge on any atom is -0.320 e. The molecule has 0 saturated carbocycles. The molecule has 9 nitrogen and oxygen atoms in total. The minimum absolute atomic E-state index is 0.139. The van der Waals surface area contributed by atoms with Crippen LogP contribution < -0.4 is 5.32 Å². The van der Waals surface area contributed by atoms with E-state index in [2.05, 4.69) is 15.3 Å². The fourth-order valence-corrected chi connectivity index (χ4v) is 3.43. The van der Waals surface area contributed by atoms with E-state index in [-0.39, 0.29) is 27.8 Å². The van der Waals surface area contributed by atoms with Crippen LogP contribution in [0.2, 0.25) is 5.02 Å². The second kappa shape index (κ2) is 7.75. The highest BCUT2D eigenvalue weighted by molar-refractivity contribution is 7.91. The molecule has 26 heavy (non-hydrogen) atoms. The maximum atomic E-state index is 12.4. The number of rotatable bonds is 6. The maximum Gasteiger partial charge on any atom is 0.275 e. The molecule has 1 aromatic heterocycles. The number of sulfone groups is 1. The zero-order valence-corrected chi connectivity index (χ0v) is 15.5. The van der Waals surface area contributed by atoms with Gasteiger partial charge >= 0.3 is 0 Å². The molecular formula is C15H15ClN4O5S. The molecule has 0 radical (unpaired) electrons. The summed E-state index contributed by atoms with van der Waals surface area (Å²) in [6, 6.07) is 4.15. The van der Waals surface area contributed by atoms with Gasteiger partial charge < -0.3 is 5.32 Å². The summed E-state index contributed by atoms with van der Waals surface area (Å²) in [5, 5.41) is 12.8. The van der Waals surface area contributed by atoms with Crippen LogP contribution in [0.3, 0.4) is 0 Å². The first kappa shape index (κ1) is 19.7. The van der Waals surface area contributed by atoms with Gasteiger partial charge in [-0.1, -0.05) is 24.6 Å². The van der Waals surface area contributed by atoms with Crippen molar-refractivity contribution in [3.8, 4) is 0 Å². The average Bonchev–Trinajstić information content (AvgIpc) is 2.56. The lowest BCUT2D eigenvalue weighted by molar-refractivity contribution is -0.385. The third-order valence-corrected chi connectivity index (χ3v) is 5.33. The van der Waals surface area contributed by atoms with Gasteiger partial charge in [0.15, 0.2) is 5.69 Å². The number of nitro groups is 1. The van der Waals surface area contributed by atoms with Gasteiger partial charge in [-0.3, -0.25) is 14.9 Å². The second-order valence-electron chi connectivity index (χ2n) is 5.38. The zero-order chi connectivity index (χ0) is 19.5. The highest BCUT2D eigenvalue weighted by Gasteiger charge is 2.22. The number of nitro benzene ring substituents is 1. The van der Waals surface area contributed by atoms with Crippen LogP contribution in [0.15, 0.2) is 29.6 Å². The molecular weight excluding hydrogens is 384 g/mol. The summed E-state index contributed by atoms with van der Waals surface area (Å²) in [5.41, 5.74) is 0.0864. The Bertz CT molecular complexity index is 978. The van der Waals surface area contributed by atoms with Gasteiger partial charge in [0.05, 0.1) is 21.9 Å². The SMILES string of the molecule is CCCS(=O)(=O)c1ncc(Cl)c(C(=O)Nc2ccc(C)c([N+](=O)[O-])c2)n1. The van der Waals surface area contributed by atoms with Crippen LogP contribution in [0.5, 0.6) is 0 Å². The van der Waals surface area contributed by atoms with E-state index >= 15 is 0 Å². The Labute approximate surface area is 154 Å². The monoisotopic (exact) mass is 398 g/mol. The predicted molar refractivity (Wildman–Crippen MR) is 95.2 cm³/mol. The zero-order valence-electron chi connectivity index (χ0n) is 13.9. The number of hydrogen-bond acceptors (Lipinski definition) is 7. The molecule has 1 N–H and O–H groups in total. The van der Waals surface area contributed by atoms with Crippen molar-refractivity contribution in [2.45, 2.75) is 25.4 Å². The summed E-state index contributed by atoms with van der Waals surface area (Å²) < 4.78 is 24.1. The summed E-state index contributed by atoms with van der Waals surface area (Å²) in [4.78, 5) is 30.2. The second-order valence-corrected chi connectivity index (χ2v) is 7.79. The summed E-state index contributed by atoms with van der Waals surface area (Å²) in [5.74, 6) is -0.969. The Morgan fingerprint density at radius 1 is 1.38 bits per heavy atom. The third kappa shape index (κ3) is 4.33. The van der Waals surface area contributed by atoms with Crippen molar-refractivity contribution in [3.63, 3.8) is 0 Å². The van der Waals surface area contributed by atoms with E-state index < -0.39 is 25.8 Å². The van der Waals surface area contributed by atoms with Crippen molar-refractivity contribution < 1.29 is 18.1 Å². The molecule has 2 aromatic rings. The number of amides is 1. The minimum atomic E-state index is -3.73. The van der Waals surface area contributed by atoms with Crippen molar-refractivity contribution in [2.24, 2.45) is 0 Å². The summed E-state index contributed by atoms with van der Waals surface area (Å²) in [6.45, 7) is 3.25. The van der Waals surface area contributed by atoms with E-state index in [9.17, 15) is 23.3 Å². The molecule has 0 atom stereocenters. The molecule has 0 unspecified atom stereocenters. The third-order valence-electron chi connectivity index (χ3n) is 3.35. The van der Waals surface area contributed by atoms with Crippen LogP contribution in [0.1, 0.15) is 29.4 Å². The van der Waals surface area contributed by atoms with E-state index in [1.165, 1.54) is 18.2 Å². The van der Waals surface area contributed by atoms with Gasteiger partial charge in [-0.2, -0.15) is 0 Å². The Morgan fingerprint density at radius 2 is 2.08 bits per heavy atom. The van der Waals surface area contributed by atoms with Crippen LogP contribution >= 0.6 is 11.6 Å². The molecule has 1 heterocycles. The number of halogens is 1. The molecule has 0 spiro atoms. The van der Waals surface area contributed by atoms with Crippen molar-refractivity contribution >= 4 is 38.7 Å². The number of aryl methyl sites for hydroxylation is 1. The van der Waals surface area contributed by atoms with Crippen LogP contribution in [0.4, 0.5) is 11.4 Å². The highest BCUT2D eigenvalue weighted by Crippen LogP contribution is 2.23. The molecule has 0 bridgehead atoms. The Balaban J connectivity index is 2.36. The number of hydrogen-bond donors (Lipinski definition) is 1. The average molecular weight is 399 g/mol.